The van der Waals surface area contributed by atoms with E-state index < -0.39 is 0 Å². The van der Waals surface area contributed by atoms with E-state index in [1.54, 1.807) is 0 Å². The van der Waals surface area contributed by atoms with Gasteiger partial charge in [-0.05, 0) is 19.8 Å². The zero-order chi connectivity index (χ0) is 8.81. The number of nitrogens with one attached hydrogen (secondary N) is 1. The van der Waals surface area contributed by atoms with E-state index in [0.717, 1.165) is 12.8 Å². The molecule has 1 amide bonds. The Labute approximate surface area is 73.5 Å². The molecule has 0 spiro atoms. The SMILES string of the molecule is [CH2]COC(=O)NC1CCCCC1. The van der Waals surface area contributed by atoms with Crippen LogP contribution >= 0.6 is 0 Å². The van der Waals surface area contributed by atoms with Gasteiger partial charge in [0.25, 0.3) is 0 Å². The van der Waals surface area contributed by atoms with Crippen molar-refractivity contribution >= 4 is 6.09 Å². The summed E-state index contributed by atoms with van der Waals surface area (Å²) in [4.78, 5) is 10.9. The lowest BCUT2D eigenvalue weighted by Gasteiger charge is -2.22. The standard InChI is InChI=1S/C9H16NO2/c1-2-12-9(11)10-8-6-4-3-5-7-8/h8H,1-7H2,(H,10,11). The quantitative estimate of drug-likeness (QED) is 0.687. The molecule has 0 atom stereocenters. The molecule has 0 heterocycles. The molecule has 0 aromatic carbocycles. The van der Waals surface area contributed by atoms with Gasteiger partial charge < -0.3 is 10.1 Å². The average molecular weight is 170 g/mol. The van der Waals surface area contributed by atoms with Crippen molar-refractivity contribution in [1.29, 1.82) is 0 Å². The van der Waals surface area contributed by atoms with E-state index in [-0.39, 0.29) is 12.7 Å². The Balaban J connectivity index is 2.15. The predicted molar refractivity (Wildman–Crippen MR) is 46.7 cm³/mol. The van der Waals surface area contributed by atoms with Gasteiger partial charge in [-0.15, -0.1) is 0 Å². The van der Waals surface area contributed by atoms with Gasteiger partial charge in [-0.3, -0.25) is 0 Å². The maximum absolute atomic E-state index is 10.9. The summed E-state index contributed by atoms with van der Waals surface area (Å²) >= 11 is 0. The van der Waals surface area contributed by atoms with Crippen molar-refractivity contribution in [2.45, 2.75) is 38.1 Å². The first-order valence-corrected chi connectivity index (χ1v) is 4.55. The maximum Gasteiger partial charge on any atom is 0.407 e. The molecule has 0 saturated heterocycles. The van der Waals surface area contributed by atoms with Crippen molar-refractivity contribution in [1.82, 2.24) is 5.32 Å². The number of carbonyl (C=O) groups is 1. The number of hydrogen-bond acceptors (Lipinski definition) is 2. The summed E-state index contributed by atoms with van der Waals surface area (Å²) in [7, 11) is 0. The molecule has 1 rings (SSSR count). The van der Waals surface area contributed by atoms with Crippen molar-refractivity contribution in [3.63, 3.8) is 0 Å². The minimum Gasteiger partial charge on any atom is -0.450 e. The second-order valence-electron chi connectivity index (χ2n) is 3.12. The van der Waals surface area contributed by atoms with Crippen LogP contribution in [-0.2, 0) is 4.74 Å². The second kappa shape index (κ2) is 5.01. The molecule has 1 saturated carbocycles. The fourth-order valence-corrected chi connectivity index (χ4v) is 1.55. The Bertz CT molecular complexity index is 141. The second-order valence-corrected chi connectivity index (χ2v) is 3.12. The Kier molecular flexibility index (Phi) is 3.91. The molecular weight excluding hydrogens is 154 g/mol. The molecule has 1 aliphatic rings. The van der Waals surface area contributed by atoms with Crippen LogP contribution in [0.3, 0.4) is 0 Å². The summed E-state index contributed by atoms with van der Waals surface area (Å²) in [6.45, 7) is 3.64. The lowest BCUT2D eigenvalue weighted by Crippen LogP contribution is -2.36. The Morgan fingerprint density at radius 2 is 2.08 bits per heavy atom. The van der Waals surface area contributed by atoms with E-state index in [1.165, 1.54) is 19.3 Å². The first-order valence-electron chi connectivity index (χ1n) is 4.55. The van der Waals surface area contributed by atoms with Crippen molar-refractivity contribution in [2.24, 2.45) is 0 Å². The molecule has 1 aliphatic carbocycles. The highest BCUT2D eigenvalue weighted by molar-refractivity contribution is 5.67. The van der Waals surface area contributed by atoms with Crippen molar-refractivity contribution in [2.75, 3.05) is 6.61 Å². The number of alkyl carbamates (subject to hydrolysis) is 1. The smallest absolute Gasteiger partial charge is 0.407 e. The van der Waals surface area contributed by atoms with Crippen LogP contribution in [0.15, 0.2) is 0 Å². The fraction of sp³-hybridized carbons (Fsp3) is 0.778. The molecule has 1 N–H and O–H groups in total. The molecule has 12 heavy (non-hydrogen) atoms. The molecule has 0 bridgehead atoms. The molecule has 3 nitrogen and oxygen atoms in total. The van der Waals surface area contributed by atoms with Crippen LogP contribution in [0.4, 0.5) is 4.79 Å². The lowest BCUT2D eigenvalue weighted by molar-refractivity contribution is 0.150. The van der Waals surface area contributed by atoms with Gasteiger partial charge in [0, 0.05) is 6.04 Å². The average Bonchev–Trinajstić information content (AvgIpc) is 2.06. The molecular formula is C9H16NO2. The highest BCUT2D eigenvalue weighted by atomic mass is 16.5. The molecule has 0 unspecified atom stereocenters. The van der Waals surface area contributed by atoms with Crippen LogP contribution in [0, 0.1) is 6.92 Å². The van der Waals surface area contributed by atoms with Crippen LogP contribution in [-0.4, -0.2) is 18.7 Å². The molecule has 0 aromatic heterocycles. The minimum atomic E-state index is -0.322. The van der Waals surface area contributed by atoms with Crippen LogP contribution in [0.2, 0.25) is 0 Å². The number of ether oxygens (including phenoxy) is 1. The van der Waals surface area contributed by atoms with Crippen molar-refractivity contribution in [3.8, 4) is 0 Å². The molecule has 1 fully saturated rings. The highest BCUT2D eigenvalue weighted by Crippen LogP contribution is 2.17. The molecule has 69 valence electrons. The largest absolute Gasteiger partial charge is 0.450 e. The van der Waals surface area contributed by atoms with Gasteiger partial charge in [0.15, 0.2) is 0 Å². The first-order chi connectivity index (χ1) is 5.83. The number of amides is 1. The van der Waals surface area contributed by atoms with E-state index in [9.17, 15) is 4.79 Å². The molecule has 0 aromatic rings. The summed E-state index contributed by atoms with van der Waals surface area (Å²) in [6.07, 6.45) is 5.59. The number of hydrogen-bond donors (Lipinski definition) is 1. The Morgan fingerprint density at radius 1 is 1.42 bits per heavy atom. The summed E-state index contributed by atoms with van der Waals surface area (Å²) in [5.74, 6) is 0. The van der Waals surface area contributed by atoms with Crippen molar-refractivity contribution in [3.05, 3.63) is 6.92 Å². The first kappa shape index (κ1) is 9.36. The zero-order valence-corrected chi connectivity index (χ0v) is 7.34. The van der Waals surface area contributed by atoms with Gasteiger partial charge >= 0.3 is 6.09 Å². The van der Waals surface area contributed by atoms with E-state index >= 15 is 0 Å². The molecule has 0 aliphatic heterocycles. The Morgan fingerprint density at radius 3 is 2.67 bits per heavy atom. The van der Waals surface area contributed by atoms with Crippen LogP contribution in [0.25, 0.3) is 0 Å². The van der Waals surface area contributed by atoms with Gasteiger partial charge in [0.2, 0.25) is 0 Å². The third-order valence-electron chi connectivity index (χ3n) is 2.16. The van der Waals surface area contributed by atoms with Crippen molar-refractivity contribution < 1.29 is 9.53 Å². The van der Waals surface area contributed by atoms with Gasteiger partial charge in [0.1, 0.15) is 0 Å². The highest BCUT2D eigenvalue weighted by Gasteiger charge is 2.15. The Hall–Kier alpha value is -0.730. The summed E-state index contributed by atoms with van der Waals surface area (Å²) in [5, 5.41) is 2.82. The molecule has 3 heteroatoms. The van der Waals surface area contributed by atoms with Crippen LogP contribution in [0.1, 0.15) is 32.1 Å². The topological polar surface area (TPSA) is 38.3 Å². The van der Waals surface area contributed by atoms with E-state index in [2.05, 4.69) is 17.0 Å². The van der Waals surface area contributed by atoms with Gasteiger partial charge in [0.05, 0.1) is 6.61 Å². The summed E-state index contributed by atoms with van der Waals surface area (Å²) in [5.41, 5.74) is 0. The van der Waals surface area contributed by atoms with E-state index in [0.29, 0.717) is 6.04 Å². The summed E-state index contributed by atoms with van der Waals surface area (Å²) < 4.78 is 4.68. The third-order valence-corrected chi connectivity index (χ3v) is 2.16. The number of rotatable bonds is 2. The van der Waals surface area contributed by atoms with Gasteiger partial charge in [-0.25, -0.2) is 4.79 Å². The zero-order valence-electron chi connectivity index (χ0n) is 7.34. The third kappa shape index (κ3) is 3.11. The van der Waals surface area contributed by atoms with Crippen LogP contribution in [0.5, 0.6) is 0 Å². The van der Waals surface area contributed by atoms with Gasteiger partial charge in [-0.1, -0.05) is 19.3 Å². The monoisotopic (exact) mass is 170 g/mol. The summed E-state index contributed by atoms with van der Waals surface area (Å²) in [6, 6.07) is 0.331. The predicted octanol–water partition coefficient (Wildman–Crippen LogP) is 1.88. The van der Waals surface area contributed by atoms with Gasteiger partial charge in [-0.2, -0.15) is 0 Å². The lowest BCUT2D eigenvalue weighted by atomic mass is 9.96. The molecule has 1 radical (unpaired) electrons. The fourth-order valence-electron chi connectivity index (χ4n) is 1.55. The van der Waals surface area contributed by atoms with E-state index in [4.69, 9.17) is 0 Å². The maximum atomic E-state index is 10.9. The minimum absolute atomic E-state index is 0.207. The van der Waals surface area contributed by atoms with E-state index in [1.807, 2.05) is 0 Å². The van der Waals surface area contributed by atoms with Crippen LogP contribution < -0.4 is 5.32 Å². The number of carbonyl (C=O) groups excluding carboxylic acids is 1. The normalized spacial score (nSPS) is 18.8.